The lowest BCUT2D eigenvalue weighted by atomic mass is 9.75. The third kappa shape index (κ3) is 3.53. The summed E-state index contributed by atoms with van der Waals surface area (Å²) in [5.41, 5.74) is 0.325. The van der Waals surface area contributed by atoms with Crippen molar-refractivity contribution in [3.63, 3.8) is 0 Å². The van der Waals surface area contributed by atoms with E-state index in [4.69, 9.17) is 23.2 Å². The molecule has 1 aliphatic rings. The number of aryl methyl sites for hydroxylation is 1. The molecule has 4 nitrogen and oxygen atoms in total. The van der Waals surface area contributed by atoms with Crippen molar-refractivity contribution in [2.75, 3.05) is 0 Å². The zero-order valence-corrected chi connectivity index (χ0v) is 16.8. The fraction of sp³-hybridized carbons (Fsp3) is 0.368. The van der Waals surface area contributed by atoms with Crippen molar-refractivity contribution in [1.82, 2.24) is 9.78 Å². The first-order valence-corrected chi connectivity index (χ1v) is 9.14. The highest BCUT2D eigenvalue weighted by Gasteiger charge is 2.43. The Kier molecular flexibility index (Phi) is 5.04. The molecule has 0 aliphatic heterocycles. The van der Waals surface area contributed by atoms with E-state index < -0.39 is 23.1 Å². The van der Waals surface area contributed by atoms with Gasteiger partial charge in [-0.15, -0.1) is 0 Å². The van der Waals surface area contributed by atoms with E-state index in [1.807, 2.05) is 0 Å². The van der Waals surface area contributed by atoms with Crippen LogP contribution in [0.25, 0.3) is 6.08 Å². The summed E-state index contributed by atoms with van der Waals surface area (Å²) >= 11 is 12.5. The molecule has 0 amide bonds. The lowest BCUT2D eigenvalue weighted by Gasteiger charge is -2.32. The standard InChI is InChI=1S/C19H17Cl2F3N2O2/c1-9-12-6-10(19(22,23)24)7-18(2,3)16(12)26(25-9)8-13-14(20)5-4-11(15(13)21)17(27)28/h4-6H,7-8H2,1-3H3,(H,27,28). The minimum Gasteiger partial charge on any atom is -0.478 e. The number of benzene rings is 1. The first kappa shape index (κ1) is 20.7. The van der Waals surface area contributed by atoms with Gasteiger partial charge in [0.05, 0.1) is 28.5 Å². The Labute approximate surface area is 169 Å². The van der Waals surface area contributed by atoms with E-state index in [0.29, 0.717) is 22.5 Å². The van der Waals surface area contributed by atoms with Crippen molar-refractivity contribution in [2.24, 2.45) is 0 Å². The highest BCUT2D eigenvalue weighted by atomic mass is 35.5. The Morgan fingerprint density at radius 1 is 1.32 bits per heavy atom. The molecule has 0 atom stereocenters. The largest absolute Gasteiger partial charge is 0.478 e. The summed E-state index contributed by atoms with van der Waals surface area (Å²) in [6, 6.07) is 2.74. The number of alkyl halides is 3. The molecule has 150 valence electrons. The SMILES string of the molecule is Cc1nn(Cc2c(Cl)ccc(C(=O)O)c2Cl)c2c1C=C(C(F)(F)F)CC2(C)C. The van der Waals surface area contributed by atoms with E-state index in [0.717, 1.165) is 6.08 Å². The lowest BCUT2D eigenvalue weighted by Crippen LogP contribution is -2.30. The molecule has 2 aromatic rings. The second kappa shape index (κ2) is 6.81. The number of allylic oxidation sites excluding steroid dienone is 1. The molecule has 1 N–H and O–H groups in total. The minimum atomic E-state index is -4.41. The maximum absolute atomic E-state index is 13.3. The maximum Gasteiger partial charge on any atom is 0.412 e. The van der Waals surface area contributed by atoms with E-state index in [1.54, 1.807) is 25.5 Å². The lowest BCUT2D eigenvalue weighted by molar-refractivity contribution is -0.0949. The molecule has 1 aromatic carbocycles. The normalized spacial score (nSPS) is 15.9. The fourth-order valence-electron chi connectivity index (χ4n) is 3.62. The van der Waals surface area contributed by atoms with Crippen LogP contribution in [-0.2, 0) is 12.0 Å². The topological polar surface area (TPSA) is 55.1 Å². The molecule has 0 unspecified atom stereocenters. The van der Waals surface area contributed by atoms with Gasteiger partial charge in [-0.2, -0.15) is 18.3 Å². The van der Waals surface area contributed by atoms with Crippen molar-refractivity contribution in [3.05, 3.63) is 55.8 Å². The van der Waals surface area contributed by atoms with Gasteiger partial charge in [0.25, 0.3) is 0 Å². The van der Waals surface area contributed by atoms with Crippen LogP contribution in [0.4, 0.5) is 13.2 Å². The number of hydrogen-bond acceptors (Lipinski definition) is 2. The van der Waals surface area contributed by atoms with Crippen LogP contribution in [0.2, 0.25) is 10.0 Å². The number of carbonyl (C=O) groups is 1. The number of aromatic nitrogens is 2. The number of carboxylic acids is 1. The molecule has 1 aromatic heterocycles. The molecule has 0 saturated carbocycles. The zero-order valence-electron chi connectivity index (χ0n) is 15.3. The van der Waals surface area contributed by atoms with E-state index in [-0.39, 0.29) is 28.6 Å². The summed E-state index contributed by atoms with van der Waals surface area (Å²) in [4.78, 5) is 11.3. The first-order valence-electron chi connectivity index (χ1n) is 8.38. The molecule has 28 heavy (non-hydrogen) atoms. The summed E-state index contributed by atoms with van der Waals surface area (Å²) in [5, 5.41) is 13.9. The van der Waals surface area contributed by atoms with Crippen molar-refractivity contribution in [2.45, 2.75) is 45.3 Å². The smallest absolute Gasteiger partial charge is 0.412 e. The highest BCUT2D eigenvalue weighted by molar-refractivity contribution is 6.37. The molecule has 0 saturated heterocycles. The number of rotatable bonds is 3. The Morgan fingerprint density at radius 3 is 2.54 bits per heavy atom. The predicted molar refractivity (Wildman–Crippen MR) is 101 cm³/mol. The molecule has 0 spiro atoms. The third-order valence-electron chi connectivity index (χ3n) is 4.85. The van der Waals surface area contributed by atoms with Gasteiger partial charge in [0.15, 0.2) is 0 Å². The molecule has 3 rings (SSSR count). The van der Waals surface area contributed by atoms with Crippen molar-refractivity contribution in [3.8, 4) is 0 Å². The average molecular weight is 433 g/mol. The zero-order chi connectivity index (χ0) is 21.0. The summed E-state index contributed by atoms with van der Waals surface area (Å²) in [6.45, 7) is 5.13. The molecular weight excluding hydrogens is 416 g/mol. The van der Waals surface area contributed by atoms with Gasteiger partial charge in [-0.3, -0.25) is 4.68 Å². The first-order chi connectivity index (χ1) is 12.8. The number of aromatic carboxylic acids is 1. The average Bonchev–Trinajstić information content (AvgIpc) is 2.86. The molecule has 1 aliphatic carbocycles. The van der Waals surface area contributed by atoms with Gasteiger partial charge in [0.2, 0.25) is 0 Å². The van der Waals surface area contributed by atoms with Crippen LogP contribution in [0.5, 0.6) is 0 Å². The molecule has 9 heteroatoms. The van der Waals surface area contributed by atoms with Gasteiger partial charge in [0, 0.05) is 27.1 Å². The van der Waals surface area contributed by atoms with Crippen LogP contribution >= 0.6 is 23.2 Å². The van der Waals surface area contributed by atoms with Gasteiger partial charge in [-0.25, -0.2) is 4.79 Å². The number of carboxylic acid groups (broad SMARTS) is 1. The summed E-state index contributed by atoms with van der Waals surface area (Å²) in [7, 11) is 0. The number of hydrogen-bond donors (Lipinski definition) is 1. The Balaban J connectivity index is 2.15. The molecule has 0 radical (unpaired) electrons. The van der Waals surface area contributed by atoms with Crippen LogP contribution in [0.1, 0.15) is 53.1 Å². The number of fused-ring (bicyclic) bond motifs is 1. The van der Waals surface area contributed by atoms with Crippen molar-refractivity contribution >= 4 is 35.2 Å². The summed E-state index contributed by atoms with van der Waals surface area (Å²) < 4.78 is 41.5. The monoisotopic (exact) mass is 432 g/mol. The van der Waals surface area contributed by atoms with Crippen LogP contribution in [0.15, 0.2) is 17.7 Å². The van der Waals surface area contributed by atoms with Crippen molar-refractivity contribution < 1.29 is 23.1 Å². The van der Waals surface area contributed by atoms with Crippen LogP contribution in [-0.4, -0.2) is 27.0 Å². The van der Waals surface area contributed by atoms with E-state index in [1.165, 1.54) is 12.1 Å². The highest BCUT2D eigenvalue weighted by Crippen LogP contribution is 2.45. The van der Waals surface area contributed by atoms with Gasteiger partial charge >= 0.3 is 12.1 Å². The molecule has 0 bridgehead atoms. The Hall–Kier alpha value is -1.99. The van der Waals surface area contributed by atoms with Gasteiger partial charge in [-0.1, -0.05) is 37.0 Å². The molecule has 0 fully saturated rings. The van der Waals surface area contributed by atoms with Gasteiger partial charge < -0.3 is 5.11 Å². The van der Waals surface area contributed by atoms with Crippen LogP contribution in [0.3, 0.4) is 0 Å². The Morgan fingerprint density at radius 2 is 1.96 bits per heavy atom. The maximum atomic E-state index is 13.3. The third-order valence-corrected chi connectivity index (χ3v) is 5.64. The van der Waals surface area contributed by atoms with Crippen LogP contribution < -0.4 is 0 Å². The Bertz CT molecular complexity index is 1010. The molecule has 1 heterocycles. The van der Waals surface area contributed by atoms with Gasteiger partial charge in [-0.05, 0) is 31.6 Å². The van der Waals surface area contributed by atoms with Gasteiger partial charge in [0.1, 0.15) is 0 Å². The van der Waals surface area contributed by atoms with E-state index in [2.05, 4.69) is 5.10 Å². The van der Waals surface area contributed by atoms with E-state index in [9.17, 15) is 23.1 Å². The second-order valence-electron chi connectivity index (χ2n) is 7.43. The predicted octanol–water partition coefficient (Wildman–Crippen LogP) is 5.87. The quantitative estimate of drug-likeness (QED) is 0.659. The van der Waals surface area contributed by atoms with Crippen LogP contribution in [0, 0.1) is 6.92 Å². The number of halogens is 5. The van der Waals surface area contributed by atoms with E-state index >= 15 is 0 Å². The summed E-state index contributed by atoms with van der Waals surface area (Å²) in [5.74, 6) is -1.19. The molecular formula is C19H17Cl2F3N2O2. The second-order valence-corrected chi connectivity index (χ2v) is 8.21. The minimum absolute atomic E-state index is 0.0120. The number of nitrogens with zero attached hydrogens (tertiary/aromatic N) is 2. The fourth-order valence-corrected chi connectivity index (χ4v) is 4.19. The van der Waals surface area contributed by atoms with Crippen molar-refractivity contribution in [1.29, 1.82) is 0 Å². The summed E-state index contributed by atoms with van der Waals surface area (Å²) in [6.07, 6.45) is -3.46.